The molecule has 27 heavy (non-hydrogen) atoms. The van der Waals surface area contributed by atoms with E-state index in [-0.39, 0.29) is 5.91 Å². The van der Waals surface area contributed by atoms with E-state index in [1.54, 1.807) is 0 Å². The fraction of sp³-hybridized carbons (Fsp3) is 0.227. The third-order valence-electron chi connectivity index (χ3n) is 4.39. The second-order valence-corrected chi connectivity index (χ2v) is 6.97. The largest absolute Gasteiger partial charge is 0.324 e. The molecule has 0 fully saturated rings. The zero-order valence-corrected chi connectivity index (χ0v) is 16.1. The molecule has 0 aliphatic rings. The standard InChI is InChI=1S/C22H24N4O/c1-14(2)17-7-9-19(10-8-17)25-21(27)18-12-23-22(24-13-18)26-20-11-15(3)5-6-16(20)4/h5-14H,1-4H3,(H,25,27)(H,23,24,26). The van der Waals surface area contributed by atoms with Gasteiger partial charge in [0.05, 0.1) is 5.56 Å². The minimum Gasteiger partial charge on any atom is -0.324 e. The van der Waals surface area contributed by atoms with Gasteiger partial charge in [0, 0.05) is 23.8 Å². The second-order valence-electron chi connectivity index (χ2n) is 6.97. The molecule has 0 saturated heterocycles. The molecule has 1 heterocycles. The highest BCUT2D eigenvalue weighted by atomic mass is 16.1. The van der Waals surface area contributed by atoms with Gasteiger partial charge in [-0.3, -0.25) is 4.79 Å². The van der Waals surface area contributed by atoms with Gasteiger partial charge in [0.1, 0.15) is 0 Å². The Morgan fingerprint density at radius 3 is 2.26 bits per heavy atom. The number of carbonyl (C=O) groups excluding carboxylic acids is 1. The topological polar surface area (TPSA) is 66.9 Å². The summed E-state index contributed by atoms with van der Waals surface area (Å²) in [6.45, 7) is 8.33. The van der Waals surface area contributed by atoms with E-state index < -0.39 is 0 Å². The first-order valence-electron chi connectivity index (χ1n) is 9.00. The molecule has 3 aromatic rings. The molecule has 2 aromatic carbocycles. The Morgan fingerprint density at radius 1 is 0.963 bits per heavy atom. The van der Waals surface area contributed by atoms with E-state index in [1.165, 1.54) is 18.0 Å². The van der Waals surface area contributed by atoms with Crippen molar-refractivity contribution in [3.8, 4) is 0 Å². The van der Waals surface area contributed by atoms with Crippen LogP contribution in [0.5, 0.6) is 0 Å². The SMILES string of the molecule is Cc1ccc(C)c(Nc2ncc(C(=O)Nc3ccc(C(C)C)cc3)cn2)c1. The number of aryl methyl sites for hydroxylation is 2. The number of nitrogens with one attached hydrogen (secondary N) is 2. The number of rotatable bonds is 5. The van der Waals surface area contributed by atoms with Crippen LogP contribution in [-0.4, -0.2) is 15.9 Å². The summed E-state index contributed by atoms with van der Waals surface area (Å²) < 4.78 is 0. The Labute approximate surface area is 159 Å². The summed E-state index contributed by atoms with van der Waals surface area (Å²) in [5.74, 6) is 0.687. The van der Waals surface area contributed by atoms with Crippen LogP contribution >= 0.6 is 0 Å². The Bertz CT molecular complexity index is 932. The van der Waals surface area contributed by atoms with E-state index in [1.807, 2.05) is 50.2 Å². The van der Waals surface area contributed by atoms with Crippen molar-refractivity contribution in [3.63, 3.8) is 0 Å². The van der Waals surface area contributed by atoms with Crippen LogP contribution in [0, 0.1) is 13.8 Å². The van der Waals surface area contributed by atoms with Crippen molar-refractivity contribution in [2.24, 2.45) is 0 Å². The Morgan fingerprint density at radius 2 is 1.63 bits per heavy atom. The monoisotopic (exact) mass is 360 g/mol. The molecular weight excluding hydrogens is 336 g/mol. The van der Waals surface area contributed by atoms with Crippen molar-refractivity contribution >= 4 is 23.2 Å². The van der Waals surface area contributed by atoms with Gasteiger partial charge < -0.3 is 10.6 Å². The lowest BCUT2D eigenvalue weighted by Gasteiger charge is -2.10. The Balaban J connectivity index is 1.67. The first kappa shape index (κ1) is 18.6. The van der Waals surface area contributed by atoms with Crippen LogP contribution in [0.4, 0.5) is 17.3 Å². The molecule has 0 unspecified atom stereocenters. The molecule has 2 N–H and O–H groups in total. The number of amides is 1. The van der Waals surface area contributed by atoms with E-state index in [2.05, 4.69) is 40.5 Å². The smallest absolute Gasteiger partial charge is 0.258 e. The molecule has 5 heteroatoms. The van der Waals surface area contributed by atoms with Crippen molar-refractivity contribution in [1.29, 1.82) is 0 Å². The van der Waals surface area contributed by atoms with Crippen LogP contribution in [0.1, 0.15) is 46.8 Å². The van der Waals surface area contributed by atoms with Gasteiger partial charge in [-0.2, -0.15) is 0 Å². The number of anilines is 3. The van der Waals surface area contributed by atoms with Crippen LogP contribution in [0.15, 0.2) is 54.9 Å². The van der Waals surface area contributed by atoms with Gasteiger partial charge in [0.25, 0.3) is 5.91 Å². The third-order valence-corrected chi connectivity index (χ3v) is 4.39. The highest BCUT2D eigenvalue weighted by Crippen LogP contribution is 2.20. The normalized spacial score (nSPS) is 10.7. The van der Waals surface area contributed by atoms with Crippen LogP contribution in [-0.2, 0) is 0 Å². The number of benzene rings is 2. The van der Waals surface area contributed by atoms with E-state index in [0.717, 1.165) is 22.5 Å². The molecule has 0 saturated carbocycles. The molecule has 1 aromatic heterocycles. The fourth-order valence-electron chi connectivity index (χ4n) is 2.66. The lowest BCUT2D eigenvalue weighted by atomic mass is 10.0. The summed E-state index contributed by atoms with van der Waals surface area (Å²) in [4.78, 5) is 20.9. The first-order valence-corrected chi connectivity index (χ1v) is 9.00. The first-order chi connectivity index (χ1) is 12.9. The third kappa shape index (κ3) is 4.70. The van der Waals surface area contributed by atoms with Crippen LogP contribution in [0.2, 0.25) is 0 Å². The van der Waals surface area contributed by atoms with Gasteiger partial charge in [0.15, 0.2) is 0 Å². The van der Waals surface area contributed by atoms with Crippen molar-refractivity contribution in [1.82, 2.24) is 9.97 Å². The number of hydrogen-bond donors (Lipinski definition) is 2. The van der Waals surface area contributed by atoms with Crippen LogP contribution in [0.3, 0.4) is 0 Å². The van der Waals surface area contributed by atoms with E-state index in [4.69, 9.17) is 0 Å². The molecule has 5 nitrogen and oxygen atoms in total. The van der Waals surface area contributed by atoms with Gasteiger partial charge in [-0.25, -0.2) is 9.97 Å². The summed E-state index contributed by atoms with van der Waals surface area (Å²) in [6, 6.07) is 14.0. The number of nitrogens with zero attached hydrogens (tertiary/aromatic N) is 2. The van der Waals surface area contributed by atoms with Gasteiger partial charge in [-0.15, -0.1) is 0 Å². The van der Waals surface area contributed by atoms with E-state index in [9.17, 15) is 4.79 Å². The molecule has 0 aliphatic carbocycles. The lowest BCUT2D eigenvalue weighted by Crippen LogP contribution is -2.13. The number of carbonyl (C=O) groups is 1. The fourth-order valence-corrected chi connectivity index (χ4v) is 2.66. The summed E-state index contributed by atoms with van der Waals surface area (Å²) >= 11 is 0. The average molecular weight is 360 g/mol. The minimum atomic E-state index is -0.231. The summed E-state index contributed by atoms with van der Waals surface area (Å²) in [7, 11) is 0. The van der Waals surface area contributed by atoms with Crippen molar-refractivity contribution in [2.45, 2.75) is 33.6 Å². The average Bonchev–Trinajstić information content (AvgIpc) is 2.65. The summed E-state index contributed by atoms with van der Waals surface area (Å²) in [6.07, 6.45) is 3.05. The second kappa shape index (κ2) is 7.99. The van der Waals surface area contributed by atoms with Crippen molar-refractivity contribution < 1.29 is 4.79 Å². The van der Waals surface area contributed by atoms with Gasteiger partial charge >= 0.3 is 0 Å². The van der Waals surface area contributed by atoms with E-state index in [0.29, 0.717) is 17.4 Å². The molecule has 0 bridgehead atoms. The zero-order valence-electron chi connectivity index (χ0n) is 16.1. The zero-order chi connectivity index (χ0) is 19.4. The Hall–Kier alpha value is -3.21. The predicted octanol–water partition coefficient (Wildman–Crippen LogP) is 5.21. The van der Waals surface area contributed by atoms with Gasteiger partial charge in [0.2, 0.25) is 5.95 Å². The predicted molar refractivity (Wildman–Crippen MR) is 110 cm³/mol. The molecule has 3 rings (SSSR count). The highest BCUT2D eigenvalue weighted by molar-refractivity contribution is 6.03. The number of aromatic nitrogens is 2. The molecule has 0 atom stereocenters. The Kier molecular flexibility index (Phi) is 5.50. The molecule has 138 valence electrons. The van der Waals surface area contributed by atoms with Crippen molar-refractivity contribution in [2.75, 3.05) is 10.6 Å². The summed E-state index contributed by atoms with van der Waals surface area (Å²) in [5.41, 5.74) is 5.62. The van der Waals surface area contributed by atoms with E-state index >= 15 is 0 Å². The van der Waals surface area contributed by atoms with Gasteiger partial charge in [-0.05, 0) is 54.7 Å². The summed E-state index contributed by atoms with van der Waals surface area (Å²) in [5, 5.41) is 6.06. The molecule has 1 amide bonds. The van der Waals surface area contributed by atoms with Gasteiger partial charge in [-0.1, -0.05) is 38.1 Å². The number of hydrogen-bond acceptors (Lipinski definition) is 4. The lowest BCUT2D eigenvalue weighted by molar-refractivity contribution is 0.102. The van der Waals surface area contributed by atoms with Crippen LogP contribution in [0.25, 0.3) is 0 Å². The maximum atomic E-state index is 12.4. The maximum Gasteiger partial charge on any atom is 0.258 e. The molecule has 0 radical (unpaired) electrons. The quantitative estimate of drug-likeness (QED) is 0.655. The maximum absolute atomic E-state index is 12.4. The highest BCUT2D eigenvalue weighted by Gasteiger charge is 2.09. The van der Waals surface area contributed by atoms with Crippen LogP contribution < -0.4 is 10.6 Å². The molecule has 0 spiro atoms. The molecule has 0 aliphatic heterocycles. The molecular formula is C22H24N4O. The minimum absolute atomic E-state index is 0.231. The van der Waals surface area contributed by atoms with Crippen molar-refractivity contribution in [3.05, 3.63) is 77.1 Å².